The third-order valence-electron chi connectivity index (χ3n) is 7.58. The monoisotopic (exact) mass is 620 g/mol. The zero-order valence-corrected chi connectivity index (χ0v) is 26.4. The number of aliphatic carboxylic acids is 1. The Hall–Kier alpha value is -3.28. The molecule has 0 aliphatic heterocycles. The van der Waals surface area contributed by atoms with Gasteiger partial charge in [-0.2, -0.15) is 12.6 Å². The molecule has 0 spiro atoms. The maximum absolute atomic E-state index is 13.3. The number of amides is 4. The van der Waals surface area contributed by atoms with E-state index in [1.54, 1.807) is 7.11 Å². The van der Waals surface area contributed by atoms with E-state index in [4.69, 9.17) is 4.74 Å². The molecule has 1 saturated carbocycles. The summed E-state index contributed by atoms with van der Waals surface area (Å²) < 4.78 is 5.15. The van der Waals surface area contributed by atoms with Crippen LogP contribution in [0.25, 0.3) is 0 Å². The van der Waals surface area contributed by atoms with Gasteiger partial charge in [-0.1, -0.05) is 51.7 Å². The highest BCUT2D eigenvalue weighted by atomic mass is 32.1. The normalized spacial score (nSPS) is 15.3. The van der Waals surface area contributed by atoms with Crippen LogP contribution in [0, 0.1) is 11.8 Å². The molecule has 0 unspecified atom stereocenters. The Balaban J connectivity index is 1.98. The average molecular weight is 621 g/mol. The zero-order chi connectivity index (χ0) is 31.8. The quantitative estimate of drug-likeness (QED) is 0.130. The van der Waals surface area contributed by atoms with Gasteiger partial charge in [-0.25, -0.2) is 0 Å². The van der Waals surface area contributed by atoms with Crippen LogP contribution < -0.4 is 26.0 Å². The van der Waals surface area contributed by atoms with Gasteiger partial charge in [-0.15, -0.1) is 0 Å². The van der Waals surface area contributed by atoms with Crippen molar-refractivity contribution in [3.05, 3.63) is 29.8 Å². The molecule has 1 fully saturated rings. The summed E-state index contributed by atoms with van der Waals surface area (Å²) in [7, 11) is 1.59. The van der Waals surface area contributed by atoms with E-state index in [1.165, 1.54) is 0 Å². The number of benzene rings is 1. The molecule has 1 aromatic rings. The molecule has 11 nitrogen and oxygen atoms in total. The summed E-state index contributed by atoms with van der Waals surface area (Å²) in [5.41, 5.74) is 1.01. The molecule has 12 heteroatoms. The van der Waals surface area contributed by atoms with Crippen LogP contribution in [0.3, 0.4) is 0 Å². The fourth-order valence-electron chi connectivity index (χ4n) is 5.12. The molecule has 240 valence electrons. The lowest BCUT2D eigenvalue weighted by molar-refractivity contribution is -0.138. The first kappa shape index (κ1) is 35.9. The Kier molecular flexibility index (Phi) is 15.9. The summed E-state index contributed by atoms with van der Waals surface area (Å²) in [6.07, 6.45) is 5.92. The third-order valence-corrected chi connectivity index (χ3v) is 7.95. The highest BCUT2D eigenvalue weighted by Crippen LogP contribution is 2.28. The van der Waals surface area contributed by atoms with Crippen LogP contribution >= 0.6 is 12.6 Å². The van der Waals surface area contributed by atoms with E-state index >= 15 is 0 Å². The Morgan fingerprint density at radius 3 is 2.12 bits per heavy atom. The molecule has 0 saturated heterocycles. The Labute approximate surface area is 260 Å². The van der Waals surface area contributed by atoms with Crippen molar-refractivity contribution < 1.29 is 33.8 Å². The number of rotatable bonds is 19. The number of hydrogen-bond acceptors (Lipinski definition) is 7. The second-order valence-corrected chi connectivity index (χ2v) is 11.9. The van der Waals surface area contributed by atoms with Gasteiger partial charge in [0.15, 0.2) is 0 Å². The number of methoxy groups -OCH3 is 1. The molecule has 2 rings (SSSR count). The topological polar surface area (TPSA) is 163 Å². The first-order valence-electron chi connectivity index (χ1n) is 15.2. The van der Waals surface area contributed by atoms with E-state index in [0.29, 0.717) is 18.9 Å². The smallest absolute Gasteiger partial charge is 0.303 e. The van der Waals surface area contributed by atoms with Crippen LogP contribution in [0.1, 0.15) is 77.2 Å². The highest BCUT2D eigenvalue weighted by molar-refractivity contribution is 7.80. The van der Waals surface area contributed by atoms with Gasteiger partial charge < -0.3 is 31.1 Å². The molecule has 4 amide bonds. The van der Waals surface area contributed by atoms with E-state index < -0.39 is 41.8 Å². The molecule has 1 aliphatic rings. The minimum Gasteiger partial charge on any atom is -0.497 e. The van der Waals surface area contributed by atoms with Crippen LogP contribution in [-0.2, 0) is 30.4 Å². The summed E-state index contributed by atoms with van der Waals surface area (Å²) in [5.74, 6) is -1.71. The average Bonchev–Trinajstić information content (AvgIpc) is 3.50. The second kappa shape index (κ2) is 19.1. The number of thiol groups is 1. The lowest BCUT2D eigenvalue weighted by Crippen LogP contribution is -2.57. The Morgan fingerprint density at radius 2 is 1.53 bits per heavy atom. The number of nitrogens with one attached hydrogen (secondary N) is 4. The van der Waals surface area contributed by atoms with Crippen molar-refractivity contribution >= 4 is 42.2 Å². The number of carboxylic acids is 1. The van der Waals surface area contributed by atoms with Crippen molar-refractivity contribution in [2.24, 2.45) is 11.8 Å². The summed E-state index contributed by atoms with van der Waals surface area (Å²) in [6.45, 7) is 4.13. The van der Waals surface area contributed by atoms with Gasteiger partial charge in [0.1, 0.15) is 23.9 Å². The minimum atomic E-state index is -1.10. The van der Waals surface area contributed by atoms with E-state index in [1.807, 2.05) is 38.1 Å². The van der Waals surface area contributed by atoms with Crippen LogP contribution in [-0.4, -0.2) is 72.2 Å². The molecule has 0 radical (unpaired) electrons. The number of hydrogen-bond donors (Lipinski definition) is 6. The lowest BCUT2D eigenvalue weighted by Gasteiger charge is -2.26. The molecule has 0 heterocycles. The van der Waals surface area contributed by atoms with Crippen molar-refractivity contribution in [3.8, 4) is 5.75 Å². The SMILES string of the molecule is COc1ccc(CCNC(=O)[C@H](CS)NC(=O)[C@H](CC(C)C)NC(=O)[C@H](CCC(=O)O)NC(=O)CCC2CCCC2)cc1. The van der Waals surface area contributed by atoms with Crippen molar-refractivity contribution in [1.82, 2.24) is 21.3 Å². The predicted molar refractivity (Wildman–Crippen MR) is 167 cm³/mol. The molecule has 5 N–H and O–H groups in total. The van der Waals surface area contributed by atoms with Crippen LogP contribution in [0.4, 0.5) is 0 Å². The molecule has 1 aliphatic carbocycles. The van der Waals surface area contributed by atoms with Gasteiger partial charge in [0.25, 0.3) is 0 Å². The van der Waals surface area contributed by atoms with Crippen LogP contribution in [0.2, 0.25) is 0 Å². The number of ether oxygens (including phenoxy) is 1. The standard InChI is InChI=1S/C31H48N4O7S/c1-20(2)18-25(31(41)35-26(19-43)29(39)32-17-16-22-8-11-23(42-3)12-9-22)34-30(40)24(13-15-28(37)38)33-27(36)14-10-21-6-4-5-7-21/h8-9,11-12,20-21,24-26,43H,4-7,10,13-19H2,1-3H3,(H,32,39)(H,33,36)(H,34,40)(H,35,41)(H,37,38)/t24-,25-,26-/m0/s1. The molecule has 3 atom stereocenters. The fraction of sp³-hybridized carbons (Fsp3) is 0.645. The summed E-state index contributed by atoms with van der Waals surface area (Å²) in [6, 6.07) is 4.46. The highest BCUT2D eigenvalue weighted by Gasteiger charge is 2.30. The predicted octanol–water partition coefficient (Wildman–Crippen LogP) is 2.62. The Morgan fingerprint density at radius 1 is 0.907 bits per heavy atom. The first-order chi connectivity index (χ1) is 20.5. The number of carbonyl (C=O) groups excluding carboxylic acids is 4. The fourth-order valence-corrected chi connectivity index (χ4v) is 5.38. The van der Waals surface area contributed by atoms with Gasteiger partial charge in [0.2, 0.25) is 23.6 Å². The van der Waals surface area contributed by atoms with Crippen molar-refractivity contribution in [2.45, 2.75) is 96.2 Å². The summed E-state index contributed by atoms with van der Waals surface area (Å²) in [5, 5.41) is 20.0. The molecular weight excluding hydrogens is 572 g/mol. The van der Waals surface area contributed by atoms with E-state index in [0.717, 1.165) is 43.4 Å². The maximum atomic E-state index is 13.3. The van der Waals surface area contributed by atoms with E-state index in [9.17, 15) is 29.1 Å². The van der Waals surface area contributed by atoms with Crippen molar-refractivity contribution in [3.63, 3.8) is 0 Å². The summed E-state index contributed by atoms with van der Waals surface area (Å²) >= 11 is 4.24. The number of carbonyl (C=O) groups is 5. The zero-order valence-electron chi connectivity index (χ0n) is 25.5. The first-order valence-corrected chi connectivity index (χ1v) is 15.8. The van der Waals surface area contributed by atoms with Crippen LogP contribution in [0.15, 0.2) is 24.3 Å². The lowest BCUT2D eigenvalue weighted by atomic mass is 10.0. The molecular formula is C31H48N4O7S. The van der Waals surface area contributed by atoms with Gasteiger partial charge in [-0.3, -0.25) is 24.0 Å². The van der Waals surface area contributed by atoms with Gasteiger partial charge in [-0.05, 0) is 55.2 Å². The van der Waals surface area contributed by atoms with Gasteiger partial charge >= 0.3 is 5.97 Å². The van der Waals surface area contributed by atoms with Crippen molar-refractivity contribution in [1.29, 1.82) is 0 Å². The van der Waals surface area contributed by atoms with Crippen molar-refractivity contribution in [2.75, 3.05) is 19.4 Å². The number of carboxylic acid groups (broad SMARTS) is 1. The Bertz CT molecular complexity index is 1060. The largest absolute Gasteiger partial charge is 0.497 e. The molecule has 1 aromatic carbocycles. The maximum Gasteiger partial charge on any atom is 0.303 e. The third kappa shape index (κ3) is 13.7. The minimum absolute atomic E-state index is 0.0160. The van der Waals surface area contributed by atoms with Gasteiger partial charge in [0.05, 0.1) is 7.11 Å². The van der Waals surface area contributed by atoms with Crippen LogP contribution in [0.5, 0.6) is 5.75 Å². The molecule has 0 aromatic heterocycles. The van der Waals surface area contributed by atoms with E-state index in [-0.39, 0.29) is 43.3 Å². The molecule has 43 heavy (non-hydrogen) atoms. The molecule has 0 bridgehead atoms. The summed E-state index contributed by atoms with van der Waals surface area (Å²) in [4.78, 5) is 63.2. The second-order valence-electron chi connectivity index (χ2n) is 11.6. The van der Waals surface area contributed by atoms with E-state index in [2.05, 4.69) is 33.9 Å². The van der Waals surface area contributed by atoms with Gasteiger partial charge in [0, 0.05) is 25.1 Å².